The standard InChI is InChI=1S/C18H23F3N6O3/c1-10-3-2-4-26(10)16(30)12-7-11(15(29)22-12)8-14(28)25-5-6-27-13(9-25)23-24-17(27)18(19,20)21/h10-12H,2-9H2,1H3,(H,22,29)/t10-,11+,12+/m1/s1. The number of alkyl halides is 3. The maximum absolute atomic E-state index is 12.9. The van der Waals surface area contributed by atoms with Crippen LogP contribution in [0.1, 0.15) is 44.3 Å². The van der Waals surface area contributed by atoms with Crippen molar-refractivity contribution in [2.45, 2.75) is 64.0 Å². The third kappa shape index (κ3) is 3.74. The third-order valence-electron chi connectivity index (χ3n) is 6.12. The number of hydrogen-bond donors (Lipinski definition) is 1. The Hall–Kier alpha value is -2.66. The topological polar surface area (TPSA) is 100 Å². The van der Waals surface area contributed by atoms with Crippen LogP contribution in [0.2, 0.25) is 0 Å². The van der Waals surface area contributed by atoms with Crippen LogP contribution in [0.15, 0.2) is 0 Å². The summed E-state index contributed by atoms with van der Waals surface area (Å²) in [4.78, 5) is 40.8. The Kier molecular flexibility index (Phi) is 5.18. The summed E-state index contributed by atoms with van der Waals surface area (Å²) >= 11 is 0. The number of amides is 3. The van der Waals surface area contributed by atoms with Crippen molar-refractivity contribution in [3.8, 4) is 0 Å². The molecule has 3 aliphatic rings. The molecular weight excluding hydrogens is 405 g/mol. The number of fused-ring (bicyclic) bond motifs is 1. The van der Waals surface area contributed by atoms with Crippen molar-refractivity contribution in [2.75, 3.05) is 13.1 Å². The maximum Gasteiger partial charge on any atom is 0.451 e. The quantitative estimate of drug-likeness (QED) is 0.758. The molecule has 0 aromatic carbocycles. The van der Waals surface area contributed by atoms with E-state index in [1.54, 1.807) is 4.90 Å². The summed E-state index contributed by atoms with van der Waals surface area (Å²) in [6.07, 6.45) is -2.58. The Bertz CT molecular complexity index is 870. The van der Waals surface area contributed by atoms with E-state index in [0.29, 0.717) is 6.54 Å². The van der Waals surface area contributed by atoms with Gasteiger partial charge < -0.3 is 19.7 Å². The first-order valence-electron chi connectivity index (χ1n) is 10.0. The summed E-state index contributed by atoms with van der Waals surface area (Å²) in [6, 6.07) is -0.489. The van der Waals surface area contributed by atoms with E-state index in [0.717, 1.165) is 17.4 Å². The lowest BCUT2D eigenvalue weighted by Crippen LogP contribution is -2.45. The highest BCUT2D eigenvalue weighted by atomic mass is 19.4. The number of carbonyl (C=O) groups excluding carboxylic acids is 3. The second kappa shape index (κ2) is 7.55. The number of nitrogens with zero attached hydrogens (tertiary/aromatic N) is 5. The lowest BCUT2D eigenvalue weighted by atomic mass is 9.99. The molecule has 4 rings (SSSR count). The number of nitrogens with one attached hydrogen (secondary N) is 1. The fourth-order valence-electron chi connectivity index (χ4n) is 4.46. The first-order valence-corrected chi connectivity index (χ1v) is 10.0. The molecule has 0 radical (unpaired) electrons. The zero-order chi connectivity index (χ0) is 21.6. The average Bonchev–Trinajstić information content (AvgIpc) is 3.39. The molecule has 0 unspecified atom stereocenters. The fraction of sp³-hybridized carbons (Fsp3) is 0.722. The van der Waals surface area contributed by atoms with Gasteiger partial charge in [-0.15, -0.1) is 10.2 Å². The van der Waals surface area contributed by atoms with E-state index in [2.05, 4.69) is 15.5 Å². The Labute approximate surface area is 170 Å². The second-order valence-electron chi connectivity index (χ2n) is 8.13. The van der Waals surface area contributed by atoms with Crippen LogP contribution < -0.4 is 5.32 Å². The SMILES string of the molecule is C[C@@H]1CCCN1C(=O)[C@@H]1C[C@@H](CC(=O)N2CCn3c(nnc3C(F)(F)F)C2)C(=O)N1. The molecule has 3 atom stereocenters. The molecule has 12 heteroatoms. The van der Waals surface area contributed by atoms with Gasteiger partial charge in [-0.2, -0.15) is 13.2 Å². The Morgan fingerprint density at radius 1 is 1.20 bits per heavy atom. The summed E-state index contributed by atoms with van der Waals surface area (Å²) in [7, 11) is 0. The van der Waals surface area contributed by atoms with E-state index in [1.807, 2.05) is 6.92 Å². The summed E-state index contributed by atoms with van der Waals surface area (Å²) in [6.45, 7) is 2.57. The van der Waals surface area contributed by atoms with Gasteiger partial charge in [-0.05, 0) is 26.2 Å². The molecule has 4 heterocycles. The highest BCUT2D eigenvalue weighted by Gasteiger charge is 2.42. The molecule has 2 saturated heterocycles. The minimum absolute atomic E-state index is 0.0618. The molecule has 30 heavy (non-hydrogen) atoms. The van der Waals surface area contributed by atoms with Crippen molar-refractivity contribution in [1.82, 2.24) is 29.9 Å². The predicted molar refractivity (Wildman–Crippen MR) is 95.5 cm³/mol. The highest BCUT2D eigenvalue weighted by molar-refractivity contribution is 5.94. The van der Waals surface area contributed by atoms with Crippen molar-refractivity contribution < 1.29 is 27.6 Å². The van der Waals surface area contributed by atoms with Gasteiger partial charge >= 0.3 is 6.18 Å². The molecule has 3 aliphatic heterocycles. The van der Waals surface area contributed by atoms with Crippen LogP contribution in [0.3, 0.4) is 0 Å². The summed E-state index contributed by atoms with van der Waals surface area (Å²) in [5.74, 6) is -2.44. The zero-order valence-corrected chi connectivity index (χ0v) is 16.5. The first kappa shape index (κ1) is 20.6. The van der Waals surface area contributed by atoms with Crippen LogP contribution >= 0.6 is 0 Å². The van der Waals surface area contributed by atoms with Gasteiger partial charge in [-0.3, -0.25) is 14.4 Å². The van der Waals surface area contributed by atoms with E-state index in [-0.39, 0.29) is 62.1 Å². The van der Waals surface area contributed by atoms with Gasteiger partial charge in [0, 0.05) is 38.0 Å². The molecule has 0 aliphatic carbocycles. The molecular formula is C18H23F3N6O3. The Morgan fingerprint density at radius 3 is 2.63 bits per heavy atom. The predicted octanol–water partition coefficient (Wildman–Crippen LogP) is 0.545. The molecule has 1 aromatic heterocycles. The molecule has 1 N–H and O–H groups in total. The number of halogens is 3. The van der Waals surface area contributed by atoms with Crippen LogP contribution in [0, 0.1) is 5.92 Å². The first-order chi connectivity index (χ1) is 14.1. The largest absolute Gasteiger partial charge is 0.451 e. The molecule has 3 amide bonds. The molecule has 9 nitrogen and oxygen atoms in total. The van der Waals surface area contributed by atoms with Gasteiger partial charge in [0.05, 0.1) is 6.54 Å². The van der Waals surface area contributed by atoms with Crippen LogP contribution in [0.4, 0.5) is 13.2 Å². The number of aromatic nitrogens is 3. The van der Waals surface area contributed by atoms with Crippen LogP contribution in [0.25, 0.3) is 0 Å². The third-order valence-corrected chi connectivity index (χ3v) is 6.12. The van der Waals surface area contributed by atoms with Gasteiger partial charge in [-0.1, -0.05) is 0 Å². The van der Waals surface area contributed by atoms with Gasteiger partial charge in [0.1, 0.15) is 6.04 Å². The lowest BCUT2D eigenvalue weighted by molar-refractivity contribution is -0.148. The number of rotatable bonds is 3. The van der Waals surface area contributed by atoms with Crippen molar-refractivity contribution >= 4 is 17.7 Å². The summed E-state index contributed by atoms with van der Waals surface area (Å²) < 4.78 is 39.8. The van der Waals surface area contributed by atoms with E-state index < -0.39 is 24.0 Å². The second-order valence-corrected chi connectivity index (χ2v) is 8.13. The van der Waals surface area contributed by atoms with E-state index in [4.69, 9.17) is 0 Å². The number of likely N-dealkylation sites (tertiary alicyclic amines) is 1. The smallest absolute Gasteiger partial charge is 0.344 e. The Morgan fingerprint density at radius 2 is 1.97 bits per heavy atom. The van der Waals surface area contributed by atoms with Gasteiger partial charge in [-0.25, -0.2) is 0 Å². The van der Waals surface area contributed by atoms with Gasteiger partial charge in [0.2, 0.25) is 23.5 Å². The molecule has 0 spiro atoms. The maximum atomic E-state index is 12.9. The van der Waals surface area contributed by atoms with E-state index >= 15 is 0 Å². The molecule has 0 saturated carbocycles. The van der Waals surface area contributed by atoms with Crippen LogP contribution in [-0.2, 0) is 33.6 Å². The summed E-state index contributed by atoms with van der Waals surface area (Å²) in [5, 5.41) is 9.45. The Balaban J connectivity index is 1.36. The van der Waals surface area contributed by atoms with Gasteiger partial charge in [0.15, 0.2) is 5.82 Å². The average molecular weight is 428 g/mol. The van der Waals surface area contributed by atoms with Crippen molar-refractivity contribution in [2.24, 2.45) is 5.92 Å². The highest BCUT2D eigenvalue weighted by Crippen LogP contribution is 2.30. The fourth-order valence-corrected chi connectivity index (χ4v) is 4.46. The van der Waals surface area contributed by atoms with Gasteiger partial charge in [0.25, 0.3) is 0 Å². The van der Waals surface area contributed by atoms with Crippen molar-refractivity contribution in [1.29, 1.82) is 0 Å². The molecule has 2 fully saturated rings. The van der Waals surface area contributed by atoms with Crippen molar-refractivity contribution in [3.63, 3.8) is 0 Å². The van der Waals surface area contributed by atoms with Crippen molar-refractivity contribution in [3.05, 3.63) is 11.6 Å². The summed E-state index contributed by atoms with van der Waals surface area (Å²) in [5.41, 5.74) is 0. The van der Waals surface area contributed by atoms with Crippen LogP contribution in [-0.4, -0.2) is 67.5 Å². The molecule has 164 valence electrons. The van der Waals surface area contributed by atoms with E-state index in [9.17, 15) is 27.6 Å². The van der Waals surface area contributed by atoms with Crippen LogP contribution in [0.5, 0.6) is 0 Å². The normalized spacial score (nSPS) is 26.7. The molecule has 1 aromatic rings. The minimum Gasteiger partial charge on any atom is -0.344 e. The van der Waals surface area contributed by atoms with E-state index in [1.165, 1.54) is 4.90 Å². The number of carbonyl (C=O) groups is 3. The monoisotopic (exact) mass is 428 g/mol. The molecule has 0 bridgehead atoms. The zero-order valence-electron chi connectivity index (χ0n) is 16.5. The number of hydrogen-bond acceptors (Lipinski definition) is 5. The lowest BCUT2D eigenvalue weighted by Gasteiger charge is -2.28. The minimum atomic E-state index is -4.60.